The average molecular weight is 284 g/mol. The second-order valence-electron chi connectivity index (χ2n) is 5.76. The zero-order chi connectivity index (χ0) is 14.0. The van der Waals surface area contributed by atoms with Crippen LogP contribution >= 0.6 is 11.6 Å². The number of rotatable bonds is 3. The zero-order valence-corrected chi connectivity index (χ0v) is 12.1. The van der Waals surface area contributed by atoms with Gasteiger partial charge in [-0.25, -0.2) is 4.39 Å². The molecule has 104 valence electrons. The molecule has 1 fully saturated rings. The molecule has 0 aromatic heterocycles. The molecule has 0 unspecified atom stereocenters. The predicted octanol–water partition coefficient (Wildman–Crippen LogP) is 4.10. The van der Waals surface area contributed by atoms with Crippen LogP contribution in [-0.2, 0) is 0 Å². The number of amides is 1. The summed E-state index contributed by atoms with van der Waals surface area (Å²) in [6.07, 6.45) is 4.64. The first kappa shape index (κ1) is 14.3. The number of benzene rings is 1. The van der Waals surface area contributed by atoms with E-state index in [-0.39, 0.29) is 21.9 Å². The Bertz CT molecular complexity index is 495. The molecule has 0 radical (unpaired) electrons. The van der Waals surface area contributed by atoms with Crippen LogP contribution < -0.4 is 5.32 Å². The smallest absolute Gasteiger partial charge is 0.254 e. The largest absolute Gasteiger partial charge is 0.351 e. The fraction of sp³-hybridized carbons (Fsp3) is 0.533. The van der Waals surface area contributed by atoms with Gasteiger partial charge in [0.1, 0.15) is 0 Å². The summed E-state index contributed by atoms with van der Waals surface area (Å²) in [5, 5.41) is 2.86. The van der Waals surface area contributed by atoms with E-state index >= 15 is 0 Å². The third-order valence-electron chi connectivity index (χ3n) is 4.01. The minimum atomic E-state index is -0.629. The summed E-state index contributed by atoms with van der Waals surface area (Å²) < 4.78 is 13.9. The van der Waals surface area contributed by atoms with Crippen molar-refractivity contribution in [3.05, 3.63) is 34.1 Å². The molecule has 2 rings (SSSR count). The van der Waals surface area contributed by atoms with Crippen LogP contribution in [0.4, 0.5) is 4.39 Å². The molecule has 0 saturated heterocycles. The lowest BCUT2D eigenvalue weighted by Crippen LogP contribution is -2.34. The third kappa shape index (κ3) is 3.08. The maximum absolute atomic E-state index is 13.9. The molecule has 0 heterocycles. The Kier molecular flexibility index (Phi) is 4.14. The molecule has 0 atom stereocenters. The number of hydrogen-bond acceptors (Lipinski definition) is 1. The summed E-state index contributed by atoms with van der Waals surface area (Å²) in [6, 6.07) is 3.15. The monoisotopic (exact) mass is 283 g/mol. The van der Waals surface area contributed by atoms with Crippen LogP contribution in [-0.4, -0.2) is 12.5 Å². The number of nitrogens with one attached hydrogen (secondary N) is 1. The van der Waals surface area contributed by atoms with E-state index in [0.717, 1.165) is 12.8 Å². The molecule has 2 nitrogen and oxygen atoms in total. The molecule has 1 saturated carbocycles. The van der Waals surface area contributed by atoms with Gasteiger partial charge in [0.2, 0.25) is 0 Å². The van der Waals surface area contributed by atoms with E-state index in [9.17, 15) is 9.18 Å². The number of carbonyl (C=O) groups is 1. The first-order valence-electron chi connectivity index (χ1n) is 6.66. The van der Waals surface area contributed by atoms with Gasteiger partial charge < -0.3 is 5.32 Å². The maximum atomic E-state index is 13.9. The van der Waals surface area contributed by atoms with E-state index in [2.05, 4.69) is 12.2 Å². The number of carbonyl (C=O) groups excluding carboxylic acids is 1. The van der Waals surface area contributed by atoms with Crippen LogP contribution in [0.1, 0.15) is 48.5 Å². The van der Waals surface area contributed by atoms with Crippen molar-refractivity contribution in [2.75, 3.05) is 6.54 Å². The summed E-state index contributed by atoms with van der Waals surface area (Å²) >= 11 is 5.83. The van der Waals surface area contributed by atoms with Crippen molar-refractivity contribution in [2.24, 2.45) is 5.41 Å². The third-order valence-corrected chi connectivity index (χ3v) is 4.47. The van der Waals surface area contributed by atoms with Gasteiger partial charge in [-0.05, 0) is 36.8 Å². The van der Waals surface area contributed by atoms with Crippen molar-refractivity contribution in [3.8, 4) is 0 Å². The van der Waals surface area contributed by atoms with E-state index < -0.39 is 5.82 Å². The SMILES string of the molecule is Cc1ccc(C(=O)NCC2(C)CCCC2)c(F)c1Cl. The molecule has 0 bridgehead atoms. The Morgan fingerprint density at radius 3 is 2.68 bits per heavy atom. The number of aryl methyl sites for hydroxylation is 1. The lowest BCUT2D eigenvalue weighted by atomic mass is 9.89. The molecule has 0 spiro atoms. The topological polar surface area (TPSA) is 29.1 Å². The Morgan fingerprint density at radius 2 is 2.05 bits per heavy atom. The van der Waals surface area contributed by atoms with Crippen molar-refractivity contribution in [3.63, 3.8) is 0 Å². The highest BCUT2D eigenvalue weighted by molar-refractivity contribution is 6.31. The predicted molar refractivity (Wildman–Crippen MR) is 75.1 cm³/mol. The fourth-order valence-electron chi connectivity index (χ4n) is 2.62. The molecule has 0 aliphatic heterocycles. The van der Waals surface area contributed by atoms with E-state index in [1.165, 1.54) is 18.9 Å². The molecule has 19 heavy (non-hydrogen) atoms. The van der Waals surface area contributed by atoms with Crippen LogP contribution in [0.5, 0.6) is 0 Å². The van der Waals surface area contributed by atoms with Gasteiger partial charge in [-0.3, -0.25) is 4.79 Å². The molecule has 1 aromatic rings. The normalized spacial score (nSPS) is 17.5. The van der Waals surface area contributed by atoms with Crippen molar-refractivity contribution < 1.29 is 9.18 Å². The summed E-state index contributed by atoms with van der Waals surface area (Å²) in [4.78, 5) is 12.0. The minimum absolute atomic E-state index is 0.0252. The molecule has 1 N–H and O–H groups in total. The second kappa shape index (κ2) is 5.49. The molecular formula is C15H19ClFNO. The molecule has 1 aromatic carbocycles. The lowest BCUT2D eigenvalue weighted by molar-refractivity contribution is 0.0930. The first-order chi connectivity index (χ1) is 8.93. The van der Waals surface area contributed by atoms with Gasteiger partial charge in [0.25, 0.3) is 5.91 Å². The Hall–Kier alpha value is -1.09. The van der Waals surface area contributed by atoms with Crippen LogP contribution in [0.3, 0.4) is 0 Å². The average Bonchev–Trinajstić information content (AvgIpc) is 2.81. The first-order valence-corrected chi connectivity index (χ1v) is 7.03. The Labute approximate surface area is 118 Å². The van der Waals surface area contributed by atoms with Crippen LogP contribution in [0, 0.1) is 18.2 Å². The van der Waals surface area contributed by atoms with Crippen molar-refractivity contribution >= 4 is 17.5 Å². The number of halogens is 2. The van der Waals surface area contributed by atoms with Gasteiger partial charge in [-0.15, -0.1) is 0 Å². The van der Waals surface area contributed by atoms with Crippen molar-refractivity contribution in [1.82, 2.24) is 5.32 Å². The van der Waals surface area contributed by atoms with Gasteiger partial charge in [0, 0.05) is 6.54 Å². The molecule has 1 aliphatic rings. The van der Waals surface area contributed by atoms with Crippen molar-refractivity contribution in [1.29, 1.82) is 0 Å². The summed E-state index contributed by atoms with van der Waals surface area (Å²) in [5.41, 5.74) is 0.816. The Balaban J connectivity index is 2.06. The van der Waals surface area contributed by atoms with Crippen LogP contribution in [0.2, 0.25) is 5.02 Å². The molecular weight excluding hydrogens is 265 g/mol. The van der Waals surface area contributed by atoms with E-state index in [1.807, 2.05) is 0 Å². The molecule has 4 heteroatoms. The van der Waals surface area contributed by atoms with Gasteiger partial charge >= 0.3 is 0 Å². The zero-order valence-electron chi connectivity index (χ0n) is 11.4. The van der Waals surface area contributed by atoms with Gasteiger partial charge in [0.15, 0.2) is 5.82 Å². The summed E-state index contributed by atoms with van der Waals surface area (Å²) in [5.74, 6) is -1.01. The summed E-state index contributed by atoms with van der Waals surface area (Å²) in [6.45, 7) is 4.47. The second-order valence-corrected chi connectivity index (χ2v) is 6.14. The van der Waals surface area contributed by atoms with Gasteiger partial charge in [0.05, 0.1) is 10.6 Å². The maximum Gasteiger partial charge on any atom is 0.254 e. The number of hydrogen-bond donors (Lipinski definition) is 1. The minimum Gasteiger partial charge on any atom is -0.351 e. The highest BCUT2D eigenvalue weighted by atomic mass is 35.5. The quantitative estimate of drug-likeness (QED) is 0.889. The Morgan fingerprint density at radius 1 is 1.42 bits per heavy atom. The highest BCUT2D eigenvalue weighted by Gasteiger charge is 2.29. The van der Waals surface area contributed by atoms with Gasteiger partial charge in [-0.1, -0.05) is 37.4 Å². The molecule has 1 aliphatic carbocycles. The lowest BCUT2D eigenvalue weighted by Gasteiger charge is -2.23. The standard InChI is InChI=1S/C15H19ClFNO/c1-10-5-6-11(13(17)12(10)16)14(19)18-9-15(2)7-3-4-8-15/h5-6H,3-4,7-9H2,1-2H3,(H,18,19). The van der Waals surface area contributed by atoms with Crippen molar-refractivity contribution in [2.45, 2.75) is 39.5 Å². The summed E-state index contributed by atoms with van der Waals surface area (Å²) in [7, 11) is 0. The van der Waals surface area contributed by atoms with Gasteiger partial charge in [-0.2, -0.15) is 0 Å². The highest BCUT2D eigenvalue weighted by Crippen LogP contribution is 2.36. The van der Waals surface area contributed by atoms with E-state index in [0.29, 0.717) is 12.1 Å². The van der Waals surface area contributed by atoms with Crippen LogP contribution in [0.25, 0.3) is 0 Å². The van der Waals surface area contributed by atoms with E-state index in [1.54, 1.807) is 13.0 Å². The molecule has 1 amide bonds. The fourth-order valence-corrected chi connectivity index (χ4v) is 2.78. The van der Waals surface area contributed by atoms with Crippen LogP contribution in [0.15, 0.2) is 12.1 Å². The van der Waals surface area contributed by atoms with E-state index in [4.69, 9.17) is 11.6 Å².